The van der Waals surface area contributed by atoms with E-state index in [1.165, 1.54) is 0 Å². The van der Waals surface area contributed by atoms with Gasteiger partial charge in [0.2, 0.25) is 0 Å². The lowest BCUT2D eigenvalue weighted by Crippen LogP contribution is -2.39. The summed E-state index contributed by atoms with van der Waals surface area (Å²) < 4.78 is 0. The minimum atomic E-state index is -0.0512. The number of rotatable bonds is 1. The third-order valence-electron chi connectivity index (χ3n) is 3.83. The second kappa shape index (κ2) is 3.99. The summed E-state index contributed by atoms with van der Waals surface area (Å²) in [6.07, 6.45) is 0. The summed E-state index contributed by atoms with van der Waals surface area (Å²) >= 11 is 0. The van der Waals surface area contributed by atoms with Crippen molar-refractivity contribution in [1.82, 2.24) is 5.01 Å². The molecule has 0 fully saturated rings. The third-order valence-corrected chi connectivity index (χ3v) is 3.83. The van der Waals surface area contributed by atoms with Crippen LogP contribution < -0.4 is 0 Å². The van der Waals surface area contributed by atoms with Crippen LogP contribution in [0.4, 0.5) is 0 Å². The highest BCUT2D eigenvalue weighted by molar-refractivity contribution is 5.98. The molecule has 0 spiro atoms. The molecule has 3 heteroatoms. The third kappa shape index (κ3) is 1.86. The standard InChI is InChI=1S/C14H18N2O/c1-10-14(3,4)11(2)16(15-10)13(17)12-8-6-5-7-9-12/h5-9,11H,1-4H3. The second-order valence-corrected chi connectivity index (χ2v) is 5.10. The highest BCUT2D eigenvalue weighted by Crippen LogP contribution is 2.34. The summed E-state index contributed by atoms with van der Waals surface area (Å²) in [6, 6.07) is 9.39. The predicted octanol–water partition coefficient (Wildman–Crippen LogP) is 2.93. The molecule has 1 aromatic carbocycles. The fourth-order valence-corrected chi connectivity index (χ4v) is 1.92. The molecule has 90 valence electrons. The number of amides is 1. The number of carbonyl (C=O) groups is 1. The van der Waals surface area contributed by atoms with E-state index in [1.54, 1.807) is 5.01 Å². The molecule has 0 N–H and O–H groups in total. The maximum Gasteiger partial charge on any atom is 0.274 e. The van der Waals surface area contributed by atoms with Crippen molar-refractivity contribution in [3.05, 3.63) is 35.9 Å². The molecule has 17 heavy (non-hydrogen) atoms. The van der Waals surface area contributed by atoms with E-state index in [2.05, 4.69) is 18.9 Å². The molecule has 2 rings (SSSR count). The van der Waals surface area contributed by atoms with Crippen molar-refractivity contribution in [3.8, 4) is 0 Å². The van der Waals surface area contributed by atoms with E-state index < -0.39 is 0 Å². The Morgan fingerprint density at radius 3 is 2.35 bits per heavy atom. The maximum atomic E-state index is 12.3. The molecular formula is C14H18N2O. The monoisotopic (exact) mass is 230 g/mol. The lowest BCUT2D eigenvalue weighted by molar-refractivity contribution is 0.0669. The van der Waals surface area contributed by atoms with Gasteiger partial charge in [-0.25, -0.2) is 5.01 Å². The van der Waals surface area contributed by atoms with Crippen molar-refractivity contribution in [1.29, 1.82) is 0 Å². The van der Waals surface area contributed by atoms with Crippen molar-refractivity contribution in [2.45, 2.75) is 33.7 Å². The van der Waals surface area contributed by atoms with Crippen LogP contribution in [0, 0.1) is 5.41 Å². The molecular weight excluding hydrogens is 212 g/mol. The zero-order chi connectivity index (χ0) is 12.6. The van der Waals surface area contributed by atoms with Gasteiger partial charge in [0.25, 0.3) is 5.91 Å². The Labute approximate surface area is 102 Å². The van der Waals surface area contributed by atoms with Crippen molar-refractivity contribution in [2.75, 3.05) is 0 Å². The molecule has 0 radical (unpaired) electrons. The van der Waals surface area contributed by atoms with Gasteiger partial charge in [-0.05, 0) is 26.0 Å². The molecule has 1 aromatic rings. The molecule has 1 unspecified atom stereocenters. The van der Waals surface area contributed by atoms with E-state index in [0.717, 1.165) is 5.71 Å². The molecule has 0 aliphatic carbocycles. The van der Waals surface area contributed by atoms with E-state index in [0.29, 0.717) is 5.56 Å². The fourth-order valence-electron chi connectivity index (χ4n) is 1.92. The van der Waals surface area contributed by atoms with E-state index in [4.69, 9.17) is 0 Å². The number of benzene rings is 1. The first-order chi connectivity index (χ1) is 7.94. The van der Waals surface area contributed by atoms with Crippen LogP contribution in [0.3, 0.4) is 0 Å². The molecule has 0 saturated heterocycles. The molecule has 0 bridgehead atoms. The van der Waals surface area contributed by atoms with Crippen LogP contribution in [0.15, 0.2) is 35.4 Å². The van der Waals surface area contributed by atoms with Gasteiger partial charge in [-0.3, -0.25) is 4.79 Å². The van der Waals surface area contributed by atoms with Crippen LogP contribution in [0.1, 0.15) is 38.1 Å². The van der Waals surface area contributed by atoms with Gasteiger partial charge in [-0.15, -0.1) is 0 Å². The topological polar surface area (TPSA) is 32.7 Å². The van der Waals surface area contributed by atoms with Gasteiger partial charge < -0.3 is 0 Å². The van der Waals surface area contributed by atoms with Crippen LogP contribution in [0.25, 0.3) is 0 Å². The molecule has 0 aromatic heterocycles. The number of carbonyl (C=O) groups excluding carboxylic acids is 1. The summed E-state index contributed by atoms with van der Waals surface area (Å²) in [7, 11) is 0. The minimum Gasteiger partial charge on any atom is -0.267 e. The van der Waals surface area contributed by atoms with Crippen molar-refractivity contribution < 1.29 is 4.79 Å². The molecule has 0 saturated carbocycles. The Morgan fingerprint density at radius 2 is 1.88 bits per heavy atom. The molecule has 1 heterocycles. The molecule has 1 atom stereocenters. The predicted molar refractivity (Wildman–Crippen MR) is 69.0 cm³/mol. The number of hydrogen-bond donors (Lipinski definition) is 0. The average Bonchev–Trinajstić information content (AvgIpc) is 2.53. The quantitative estimate of drug-likeness (QED) is 0.730. The van der Waals surface area contributed by atoms with Gasteiger partial charge in [-0.2, -0.15) is 5.10 Å². The molecule has 1 aliphatic rings. The van der Waals surface area contributed by atoms with Crippen LogP contribution in [0.2, 0.25) is 0 Å². The van der Waals surface area contributed by atoms with Gasteiger partial charge in [0, 0.05) is 16.7 Å². The van der Waals surface area contributed by atoms with Crippen LogP contribution in [0.5, 0.6) is 0 Å². The van der Waals surface area contributed by atoms with Crippen molar-refractivity contribution in [2.24, 2.45) is 10.5 Å². The Kier molecular flexibility index (Phi) is 2.77. The number of hydrogen-bond acceptors (Lipinski definition) is 2. The van der Waals surface area contributed by atoms with Crippen LogP contribution in [-0.4, -0.2) is 22.7 Å². The summed E-state index contributed by atoms with van der Waals surface area (Å²) in [5.74, 6) is -0.0250. The van der Waals surface area contributed by atoms with E-state index >= 15 is 0 Å². The van der Waals surface area contributed by atoms with Gasteiger partial charge in [-0.1, -0.05) is 32.0 Å². The number of nitrogens with zero attached hydrogens (tertiary/aromatic N) is 2. The normalized spacial score (nSPS) is 22.5. The highest BCUT2D eigenvalue weighted by Gasteiger charge is 2.41. The maximum absolute atomic E-state index is 12.3. The highest BCUT2D eigenvalue weighted by atomic mass is 16.2. The zero-order valence-electron chi connectivity index (χ0n) is 10.8. The smallest absolute Gasteiger partial charge is 0.267 e. The lowest BCUT2D eigenvalue weighted by Gasteiger charge is -2.28. The van der Waals surface area contributed by atoms with Gasteiger partial charge >= 0.3 is 0 Å². The first-order valence-corrected chi connectivity index (χ1v) is 5.89. The summed E-state index contributed by atoms with van der Waals surface area (Å²) in [5, 5.41) is 6.00. The average molecular weight is 230 g/mol. The van der Waals surface area contributed by atoms with Gasteiger partial charge in [0.15, 0.2) is 0 Å². The first-order valence-electron chi connectivity index (χ1n) is 5.89. The Hall–Kier alpha value is -1.64. The Bertz CT molecular complexity index is 462. The molecule has 3 nitrogen and oxygen atoms in total. The molecule has 1 amide bonds. The van der Waals surface area contributed by atoms with E-state index in [9.17, 15) is 4.79 Å². The second-order valence-electron chi connectivity index (χ2n) is 5.10. The van der Waals surface area contributed by atoms with Gasteiger partial charge in [0.05, 0.1) is 6.04 Å². The van der Waals surface area contributed by atoms with E-state index in [-0.39, 0.29) is 17.4 Å². The summed E-state index contributed by atoms with van der Waals surface area (Å²) in [4.78, 5) is 12.3. The first kappa shape index (κ1) is 11.8. The Morgan fingerprint density at radius 1 is 1.29 bits per heavy atom. The van der Waals surface area contributed by atoms with E-state index in [1.807, 2.05) is 44.2 Å². The van der Waals surface area contributed by atoms with Crippen molar-refractivity contribution >= 4 is 11.6 Å². The van der Waals surface area contributed by atoms with Crippen molar-refractivity contribution in [3.63, 3.8) is 0 Å². The van der Waals surface area contributed by atoms with Crippen LogP contribution in [-0.2, 0) is 0 Å². The van der Waals surface area contributed by atoms with Crippen LogP contribution >= 0.6 is 0 Å². The van der Waals surface area contributed by atoms with Gasteiger partial charge in [0.1, 0.15) is 0 Å². The molecule has 1 aliphatic heterocycles. The Balaban J connectivity index is 2.30. The summed E-state index contributed by atoms with van der Waals surface area (Å²) in [6.45, 7) is 8.26. The zero-order valence-corrected chi connectivity index (χ0v) is 10.8. The number of hydrazone groups is 1. The minimum absolute atomic E-state index is 0.0250. The lowest BCUT2D eigenvalue weighted by atomic mass is 9.82. The largest absolute Gasteiger partial charge is 0.274 e. The summed E-state index contributed by atoms with van der Waals surface area (Å²) in [5.41, 5.74) is 1.65. The SMILES string of the molecule is CC1=NN(C(=O)c2ccccc2)C(C)C1(C)C. The fraction of sp³-hybridized carbons (Fsp3) is 0.429.